The Morgan fingerprint density at radius 2 is 2.00 bits per heavy atom. The first-order valence-electron chi connectivity index (χ1n) is 3.86. The summed E-state index contributed by atoms with van der Waals surface area (Å²) in [6.07, 6.45) is 4.50. The number of ether oxygens (including phenoxy) is 1. The first kappa shape index (κ1) is 6.83. The van der Waals surface area contributed by atoms with E-state index in [1.54, 1.807) is 0 Å². The molecule has 1 saturated heterocycles. The van der Waals surface area contributed by atoms with Gasteiger partial charge in [-0.2, -0.15) is 0 Å². The van der Waals surface area contributed by atoms with E-state index in [-0.39, 0.29) is 23.8 Å². The van der Waals surface area contributed by atoms with Gasteiger partial charge in [0.2, 0.25) is 0 Å². The van der Waals surface area contributed by atoms with Crippen molar-refractivity contribution in [3.05, 3.63) is 6.42 Å². The Bertz CT molecular complexity index is 187. The van der Waals surface area contributed by atoms with Gasteiger partial charge in [-0.25, -0.2) is 0 Å². The first-order valence-corrected chi connectivity index (χ1v) is 3.86. The molecule has 2 atom stereocenters. The minimum atomic E-state index is -0.323. The molecule has 1 aliphatic heterocycles. The van der Waals surface area contributed by atoms with Crippen molar-refractivity contribution in [3.63, 3.8) is 0 Å². The summed E-state index contributed by atoms with van der Waals surface area (Å²) in [4.78, 5) is 21.9. The maximum Gasteiger partial charge on any atom is 0.317 e. The van der Waals surface area contributed by atoms with Crippen LogP contribution in [0.5, 0.6) is 0 Å². The standard InChI is InChI=1S/C8H9O3/c9-7-5-3-1-2-4-6(5)8(10)11-7/h1,5-6H,2-4H2. The zero-order valence-electron chi connectivity index (χ0n) is 6.08. The van der Waals surface area contributed by atoms with Crippen molar-refractivity contribution >= 4 is 11.9 Å². The van der Waals surface area contributed by atoms with Crippen molar-refractivity contribution in [2.24, 2.45) is 11.8 Å². The Morgan fingerprint density at radius 3 is 2.73 bits per heavy atom. The largest absolute Gasteiger partial charge is 0.393 e. The van der Waals surface area contributed by atoms with Gasteiger partial charge in [0.15, 0.2) is 0 Å². The molecule has 0 spiro atoms. The Labute approximate surface area is 64.7 Å². The molecule has 2 rings (SSSR count). The van der Waals surface area contributed by atoms with Crippen molar-refractivity contribution in [3.8, 4) is 0 Å². The number of carbonyl (C=O) groups is 2. The third kappa shape index (κ3) is 0.951. The van der Waals surface area contributed by atoms with Gasteiger partial charge in [0.1, 0.15) is 0 Å². The third-order valence-corrected chi connectivity index (χ3v) is 2.39. The zero-order chi connectivity index (χ0) is 7.84. The highest BCUT2D eigenvalue weighted by Gasteiger charge is 2.44. The minimum Gasteiger partial charge on any atom is -0.393 e. The number of esters is 2. The highest BCUT2D eigenvalue weighted by atomic mass is 16.6. The summed E-state index contributed by atoms with van der Waals surface area (Å²) >= 11 is 0. The Morgan fingerprint density at radius 1 is 1.27 bits per heavy atom. The lowest BCUT2D eigenvalue weighted by molar-refractivity contribution is -0.153. The SMILES string of the molecule is O=C1OC(=O)C2CC[CH]CC12. The van der Waals surface area contributed by atoms with Crippen LogP contribution in [0.15, 0.2) is 0 Å². The number of cyclic esters (lactones) is 2. The average molecular weight is 153 g/mol. The second kappa shape index (κ2) is 2.32. The van der Waals surface area contributed by atoms with E-state index in [2.05, 4.69) is 11.2 Å². The molecule has 1 heterocycles. The van der Waals surface area contributed by atoms with E-state index in [1.165, 1.54) is 0 Å². The molecule has 0 aromatic rings. The molecule has 2 fully saturated rings. The number of hydrogen-bond donors (Lipinski definition) is 0. The molecule has 1 saturated carbocycles. The molecule has 59 valence electrons. The summed E-state index contributed by atoms with van der Waals surface area (Å²) in [7, 11) is 0. The number of rotatable bonds is 0. The molecule has 1 aliphatic carbocycles. The smallest absolute Gasteiger partial charge is 0.317 e. The third-order valence-electron chi connectivity index (χ3n) is 2.39. The van der Waals surface area contributed by atoms with Crippen LogP contribution in [0.2, 0.25) is 0 Å². The highest BCUT2D eigenvalue weighted by Crippen LogP contribution is 2.35. The quantitative estimate of drug-likeness (QED) is 0.380. The van der Waals surface area contributed by atoms with E-state index < -0.39 is 0 Å². The van der Waals surface area contributed by atoms with E-state index in [0.717, 1.165) is 19.3 Å². The van der Waals surface area contributed by atoms with Gasteiger partial charge in [-0.1, -0.05) is 0 Å². The summed E-state index contributed by atoms with van der Waals surface area (Å²) in [5.41, 5.74) is 0. The van der Waals surface area contributed by atoms with Gasteiger partial charge in [0.25, 0.3) is 0 Å². The lowest BCUT2D eigenvalue weighted by Gasteiger charge is -2.17. The van der Waals surface area contributed by atoms with Crippen LogP contribution in [0.25, 0.3) is 0 Å². The van der Waals surface area contributed by atoms with Crippen LogP contribution in [-0.2, 0) is 14.3 Å². The predicted molar refractivity (Wildman–Crippen MR) is 36.2 cm³/mol. The van der Waals surface area contributed by atoms with Gasteiger partial charge >= 0.3 is 11.9 Å². The molecule has 3 nitrogen and oxygen atoms in total. The fourth-order valence-electron chi connectivity index (χ4n) is 1.75. The molecule has 0 aromatic heterocycles. The lowest BCUT2D eigenvalue weighted by Crippen LogP contribution is -2.21. The maximum absolute atomic E-state index is 11.0. The van der Waals surface area contributed by atoms with Crippen molar-refractivity contribution in [2.45, 2.75) is 19.3 Å². The van der Waals surface area contributed by atoms with Crippen molar-refractivity contribution in [1.29, 1.82) is 0 Å². The highest BCUT2D eigenvalue weighted by molar-refractivity contribution is 5.96. The molecule has 11 heavy (non-hydrogen) atoms. The topological polar surface area (TPSA) is 43.4 Å². The first-order chi connectivity index (χ1) is 5.29. The molecule has 0 bridgehead atoms. The summed E-state index contributed by atoms with van der Waals surface area (Å²) in [6, 6.07) is 0. The number of fused-ring (bicyclic) bond motifs is 1. The Kier molecular flexibility index (Phi) is 1.44. The fourth-order valence-corrected chi connectivity index (χ4v) is 1.75. The van der Waals surface area contributed by atoms with Gasteiger partial charge in [0.05, 0.1) is 11.8 Å². The second-order valence-electron chi connectivity index (χ2n) is 3.05. The molecule has 3 heteroatoms. The maximum atomic E-state index is 11.0. The van der Waals surface area contributed by atoms with Crippen molar-refractivity contribution < 1.29 is 14.3 Å². The van der Waals surface area contributed by atoms with Crippen LogP contribution < -0.4 is 0 Å². The molecule has 1 radical (unpaired) electrons. The van der Waals surface area contributed by atoms with E-state index >= 15 is 0 Å². The predicted octanol–water partition coefficient (Wildman–Crippen LogP) is 0.690. The zero-order valence-corrected chi connectivity index (χ0v) is 6.08. The van der Waals surface area contributed by atoms with E-state index in [9.17, 15) is 9.59 Å². The molecular weight excluding hydrogens is 144 g/mol. The van der Waals surface area contributed by atoms with Gasteiger partial charge in [0, 0.05) is 0 Å². The Balaban J connectivity index is 2.19. The van der Waals surface area contributed by atoms with Crippen LogP contribution >= 0.6 is 0 Å². The van der Waals surface area contributed by atoms with Gasteiger partial charge < -0.3 is 4.74 Å². The van der Waals surface area contributed by atoms with E-state index in [4.69, 9.17) is 0 Å². The van der Waals surface area contributed by atoms with Crippen LogP contribution in [-0.4, -0.2) is 11.9 Å². The molecule has 0 amide bonds. The molecular formula is C8H9O3. The number of carbonyl (C=O) groups excluding carboxylic acids is 2. The monoisotopic (exact) mass is 153 g/mol. The Hall–Kier alpha value is -0.860. The van der Waals surface area contributed by atoms with Gasteiger partial charge in [-0.05, 0) is 25.7 Å². The van der Waals surface area contributed by atoms with Crippen molar-refractivity contribution in [2.75, 3.05) is 0 Å². The fraction of sp³-hybridized carbons (Fsp3) is 0.625. The lowest BCUT2D eigenvalue weighted by atomic mass is 9.81. The molecule has 0 N–H and O–H groups in total. The minimum absolute atomic E-state index is 0.132. The van der Waals surface area contributed by atoms with E-state index in [1.807, 2.05) is 0 Å². The van der Waals surface area contributed by atoms with Crippen LogP contribution in [0, 0.1) is 18.3 Å². The normalized spacial score (nSPS) is 36.7. The summed E-state index contributed by atoms with van der Waals surface area (Å²) < 4.78 is 4.51. The van der Waals surface area contributed by atoms with Crippen LogP contribution in [0.4, 0.5) is 0 Å². The molecule has 2 aliphatic rings. The second-order valence-corrected chi connectivity index (χ2v) is 3.05. The molecule has 2 unspecified atom stereocenters. The van der Waals surface area contributed by atoms with Crippen LogP contribution in [0.1, 0.15) is 19.3 Å². The summed E-state index contributed by atoms with van der Waals surface area (Å²) in [5, 5.41) is 0. The van der Waals surface area contributed by atoms with Crippen molar-refractivity contribution in [1.82, 2.24) is 0 Å². The van der Waals surface area contributed by atoms with Crippen LogP contribution in [0.3, 0.4) is 0 Å². The summed E-state index contributed by atoms with van der Waals surface area (Å²) in [5.74, 6) is -0.923. The summed E-state index contributed by atoms with van der Waals surface area (Å²) in [6.45, 7) is 0. The van der Waals surface area contributed by atoms with Gasteiger partial charge in [-0.15, -0.1) is 0 Å². The molecule has 0 aromatic carbocycles. The van der Waals surface area contributed by atoms with Gasteiger partial charge in [-0.3, -0.25) is 9.59 Å². The average Bonchev–Trinajstić information content (AvgIpc) is 2.30. The number of hydrogen-bond acceptors (Lipinski definition) is 3. The van der Waals surface area contributed by atoms with E-state index in [0.29, 0.717) is 0 Å².